The zero-order chi connectivity index (χ0) is 20.3. The summed E-state index contributed by atoms with van der Waals surface area (Å²) >= 11 is 0. The van der Waals surface area contributed by atoms with Crippen molar-refractivity contribution in [2.45, 2.75) is 13.1 Å². The predicted molar refractivity (Wildman–Crippen MR) is 97.9 cm³/mol. The number of alkyl halides is 3. The van der Waals surface area contributed by atoms with E-state index < -0.39 is 29.6 Å². The minimum atomic E-state index is -4.94. The number of hydrogen-bond donors (Lipinski definition) is 1. The maximum Gasteiger partial charge on any atom is 0.432 e. The third-order valence-electron chi connectivity index (χ3n) is 4.01. The molecule has 1 aliphatic rings. The third kappa shape index (κ3) is 3.93. The molecule has 1 heterocycles. The minimum Gasteiger partial charge on any atom is -0.271 e. The highest BCUT2D eigenvalue weighted by Gasteiger charge is 2.49. The van der Waals surface area contributed by atoms with E-state index >= 15 is 0 Å². The summed E-state index contributed by atoms with van der Waals surface area (Å²) in [6.07, 6.45) is -4.94. The Labute approximate surface area is 158 Å². The summed E-state index contributed by atoms with van der Waals surface area (Å²) in [5.74, 6) is -3.45. The first-order valence-electron chi connectivity index (χ1n) is 8.23. The normalized spacial score (nSPS) is 17.5. The zero-order valence-electron chi connectivity index (χ0n) is 14.6. The van der Waals surface area contributed by atoms with E-state index in [1.165, 1.54) is 19.1 Å². The van der Waals surface area contributed by atoms with E-state index in [9.17, 15) is 22.8 Å². The molecule has 1 aliphatic heterocycles. The molecule has 0 aliphatic carbocycles. The lowest BCUT2D eigenvalue weighted by atomic mass is 9.97. The highest BCUT2D eigenvalue weighted by Crippen LogP contribution is 2.30. The van der Waals surface area contributed by atoms with Crippen LogP contribution in [0.3, 0.4) is 0 Å². The number of halogens is 3. The Morgan fingerprint density at radius 1 is 1.07 bits per heavy atom. The molecule has 1 atom stereocenters. The molecular formula is C19H15F3N4O2. The van der Waals surface area contributed by atoms with Crippen molar-refractivity contribution in [2.24, 2.45) is 16.1 Å². The van der Waals surface area contributed by atoms with E-state index in [0.29, 0.717) is 5.69 Å². The van der Waals surface area contributed by atoms with Gasteiger partial charge in [-0.3, -0.25) is 9.59 Å². The molecule has 0 saturated heterocycles. The van der Waals surface area contributed by atoms with Gasteiger partial charge in [-0.05, 0) is 31.2 Å². The molecule has 0 saturated carbocycles. The van der Waals surface area contributed by atoms with Gasteiger partial charge in [0.05, 0.1) is 11.4 Å². The maximum atomic E-state index is 13.6. The molecule has 2 aromatic carbocycles. The Morgan fingerprint density at radius 3 is 2.21 bits per heavy atom. The van der Waals surface area contributed by atoms with Gasteiger partial charge in [-0.25, -0.2) is 5.43 Å². The summed E-state index contributed by atoms with van der Waals surface area (Å²) < 4.78 is 40.8. The number of carbonyl (C=O) groups is 2. The van der Waals surface area contributed by atoms with Crippen molar-refractivity contribution in [2.75, 3.05) is 5.01 Å². The molecule has 28 heavy (non-hydrogen) atoms. The highest BCUT2D eigenvalue weighted by atomic mass is 19.4. The van der Waals surface area contributed by atoms with Gasteiger partial charge in [0.15, 0.2) is 5.71 Å². The number of hydrazone groups is 2. The first-order valence-corrected chi connectivity index (χ1v) is 8.23. The number of benzene rings is 2. The van der Waals surface area contributed by atoms with E-state index in [-0.39, 0.29) is 11.3 Å². The molecule has 0 fully saturated rings. The van der Waals surface area contributed by atoms with Crippen molar-refractivity contribution in [3.63, 3.8) is 0 Å². The van der Waals surface area contributed by atoms with Crippen LogP contribution in [0.2, 0.25) is 0 Å². The number of nitrogens with zero attached hydrogens (tertiary/aromatic N) is 3. The number of para-hydroxylation sites is 1. The molecule has 2 aromatic rings. The van der Waals surface area contributed by atoms with E-state index in [1.54, 1.807) is 48.5 Å². The zero-order valence-corrected chi connectivity index (χ0v) is 14.6. The van der Waals surface area contributed by atoms with Gasteiger partial charge < -0.3 is 0 Å². The lowest BCUT2D eigenvalue weighted by molar-refractivity contribution is -0.119. The van der Waals surface area contributed by atoms with E-state index in [2.05, 4.69) is 10.2 Å². The van der Waals surface area contributed by atoms with E-state index in [1.807, 2.05) is 5.43 Å². The van der Waals surface area contributed by atoms with Crippen molar-refractivity contribution >= 4 is 28.9 Å². The second kappa shape index (κ2) is 7.63. The summed E-state index contributed by atoms with van der Waals surface area (Å²) in [5, 5.41) is 8.10. The summed E-state index contributed by atoms with van der Waals surface area (Å²) in [6, 6.07) is 15.8. The van der Waals surface area contributed by atoms with Gasteiger partial charge >= 0.3 is 6.18 Å². The summed E-state index contributed by atoms with van der Waals surface area (Å²) in [5.41, 5.74) is 0.860. The molecule has 0 spiro atoms. The van der Waals surface area contributed by atoms with Crippen LogP contribution in [0.1, 0.15) is 17.3 Å². The first-order chi connectivity index (χ1) is 13.3. The number of hydrogen-bond acceptors (Lipinski definition) is 4. The number of carbonyl (C=O) groups excluding carboxylic acids is 2. The first kappa shape index (κ1) is 19.3. The van der Waals surface area contributed by atoms with Gasteiger partial charge in [0.25, 0.3) is 11.8 Å². The number of anilines is 1. The Bertz CT molecular complexity index is 941. The molecule has 6 nitrogen and oxygen atoms in total. The predicted octanol–water partition coefficient (Wildman–Crippen LogP) is 3.37. The Hall–Kier alpha value is -3.49. The quantitative estimate of drug-likeness (QED) is 0.644. The minimum absolute atomic E-state index is 0.0705. The number of nitrogens with one attached hydrogen (secondary N) is 1. The molecule has 2 amide bonds. The van der Waals surface area contributed by atoms with Gasteiger partial charge in [-0.15, -0.1) is 0 Å². The monoisotopic (exact) mass is 388 g/mol. The molecule has 1 unspecified atom stereocenters. The van der Waals surface area contributed by atoms with Crippen LogP contribution in [0.25, 0.3) is 0 Å². The average Bonchev–Trinajstić information content (AvgIpc) is 2.97. The number of rotatable bonds is 4. The second-order valence-electron chi connectivity index (χ2n) is 5.96. The Balaban J connectivity index is 1.89. The molecule has 0 bridgehead atoms. The van der Waals surface area contributed by atoms with Crippen molar-refractivity contribution in [3.05, 3.63) is 66.2 Å². The Morgan fingerprint density at radius 2 is 1.64 bits per heavy atom. The molecule has 0 radical (unpaired) electrons. The maximum absolute atomic E-state index is 13.6. The molecular weight excluding hydrogens is 373 g/mol. The van der Waals surface area contributed by atoms with Crippen LogP contribution in [0, 0.1) is 5.92 Å². The second-order valence-corrected chi connectivity index (χ2v) is 5.96. The lowest BCUT2D eigenvalue weighted by Crippen LogP contribution is -2.41. The summed E-state index contributed by atoms with van der Waals surface area (Å²) in [7, 11) is 0. The third-order valence-corrected chi connectivity index (χ3v) is 4.01. The highest BCUT2D eigenvalue weighted by molar-refractivity contribution is 6.29. The SMILES string of the molecule is CC1=NN(c2ccccc2)C(=O)C1/C(=N\NC(=O)c1ccccc1)C(F)(F)F. The van der Waals surface area contributed by atoms with Crippen LogP contribution in [-0.4, -0.2) is 29.4 Å². The van der Waals surface area contributed by atoms with Crippen LogP contribution in [-0.2, 0) is 4.79 Å². The van der Waals surface area contributed by atoms with Crippen LogP contribution in [0.4, 0.5) is 18.9 Å². The lowest BCUT2D eigenvalue weighted by Gasteiger charge is -2.17. The van der Waals surface area contributed by atoms with Gasteiger partial charge in [0, 0.05) is 5.56 Å². The van der Waals surface area contributed by atoms with E-state index in [0.717, 1.165) is 5.01 Å². The topological polar surface area (TPSA) is 74.1 Å². The molecule has 9 heteroatoms. The van der Waals surface area contributed by atoms with Crippen molar-refractivity contribution < 1.29 is 22.8 Å². The van der Waals surface area contributed by atoms with Gasteiger partial charge in [0.1, 0.15) is 5.92 Å². The summed E-state index contributed by atoms with van der Waals surface area (Å²) in [4.78, 5) is 24.7. The van der Waals surface area contributed by atoms with Gasteiger partial charge in [-0.1, -0.05) is 36.4 Å². The molecule has 1 N–H and O–H groups in total. The van der Waals surface area contributed by atoms with Gasteiger partial charge in [0.2, 0.25) is 0 Å². The van der Waals surface area contributed by atoms with Crippen molar-refractivity contribution in [3.8, 4) is 0 Å². The fourth-order valence-corrected chi connectivity index (χ4v) is 2.69. The number of amides is 2. The molecule has 0 aromatic heterocycles. The van der Waals surface area contributed by atoms with Crippen LogP contribution in [0.5, 0.6) is 0 Å². The molecule has 144 valence electrons. The van der Waals surface area contributed by atoms with Crippen molar-refractivity contribution in [1.29, 1.82) is 0 Å². The fourth-order valence-electron chi connectivity index (χ4n) is 2.69. The van der Waals surface area contributed by atoms with Gasteiger partial charge in [-0.2, -0.15) is 28.4 Å². The van der Waals surface area contributed by atoms with Crippen molar-refractivity contribution in [1.82, 2.24) is 5.43 Å². The van der Waals surface area contributed by atoms with E-state index in [4.69, 9.17) is 0 Å². The van der Waals surface area contributed by atoms with Crippen LogP contribution < -0.4 is 10.4 Å². The smallest absolute Gasteiger partial charge is 0.271 e. The molecule has 3 rings (SSSR count). The van der Waals surface area contributed by atoms with Crippen LogP contribution in [0.15, 0.2) is 70.9 Å². The average molecular weight is 388 g/mol. The summed E-state index contributed by atoms with van der Waals surface area (Å²) in [6.45, 7) is 1.31. The Kier molecular flexibility index (Phi) is 5.25. The largest absolute Gasteiger partial charge is 0.432 e. The van der Waals surface area contributed by atoms with Crippen LogP contribution >= 0.6 is 0 Å². The standard InChI is InChI=1S/C19H15F3N4O2/c1-12-15(18(28)26(25-12)14-10-6-3-7-11-14)16(19(20,21)22)23-24-17(27)13-8-4-2-5-9-13/h2-11,15H,1H3,(H,24,27)/b23-16+. The fraction of sp³-hybridized carbons (Fsp3) is 0.158.